The molecule has 2 aromatic rings. The molecule has 0 aliphatic carbocycles. The van der Waals surface area contributed by atoms with Gasteiger partial charge in [0.05, 0.1) is 15.7 Å². The fraction of sp³-hybridized carbons (Fsp3) is 0.267. The number of aromatic nitrogens is 1. The first-order chi connectivity index (χ1) is 10.4. The van der Waals surface area contributed by atoms with E-state index < -0.39 is 0 Å². The van der Waals surface area contributed by atoms with Crippen molar-refractivity contribution in [1.29, 1.82) is 0 Å². The van der Waals surface area contributed by atoms with Crippen LogP contribution in [0.2, 0.25) is 5.02 Å². The minimum atomic E-state index is -0.354. The molecule has 0 spiro atoms. The van der Waals surface area contributed by atoms with E-state index in [4.69, 9.17) is 11.6 Å². The van der Waals surface area contributed by atoms with Crippen LogP contribution < -0.4 is 10.6 Å². The second kappa shape index (κ2) is 6.89. The lowest BCUT2D eigenvalue weighted by Gasteiger charge is -2.11. The molecule has 2 N–H and O–H groups in total. The van der Waals surface area contributed by atoms with E-state index in [9.17, 15) is 9.59 Å². The Balaban J connectivity index is 2.20. The normalized spacial score (nSPS) is 10.6. The molecule has 2 amide bonds. The molecular formula is C15H16ClN3O2S. The molecule has 1 aromatic carbocycles. The van der Waals surface area contributed by atoms with Crippen molar-refractivity contribution >= 4 is 40.4 Å². The quantitative estimate of drug-likeness (QED) is 0.897. The van der Waals surface area contributed by atoms with Crippen LogP contribution in [0.15, 0.2) is 23.6 Å². The third-order valence-electron chi connectivity index (χ3n) is 2.75. The van der Waals surface area contributed by atoms with Gasteiger partial charge in [0.2, 0.25) is 0 Å². The van der Waals surface area contributed by atoms with Gasteiger partial charge in [0.25, 0.3) is 11.8 Å². The lowest BCUT2D eigenvalue weighted by molar-refractivity contribution is 0.0941. The number of anilines is 1. The lowest BCUT2D eigenvalue weighted by atomic mass is 10.1. The second-order valence-electron chi connectivity index (χ2n) is 5.03. The number of nitrogens with one attached hydrogen (secondary N) is 2. The number of nitrogens with zero attached hydrogens (tertiary/aromatic N) is 1. The summed E-state index contributed by atoms with van der Waals surface area (Å²) in [5, 5.41) is 8.31. The maximum absolute atomic E-state index is 12.1. The second-order valence-corrected chi connectivity index (χ2v) is 6.50. The molecule has 116 valence electrons. The summed E-state index contributed by atoms with van der Waals surface area (Å²) in [6.45, 7) is 5.58. The van der Waals surface area contributed by atoms with Crippen LogP contribution in [0.5, 0.6) is 0 Å². The first-order valence-electron chi connectivity index (χ1n) is 6.70. The summed E-state index contributed by atoms with van der Waals surface area (Å²) in [6.07, 6.45) is 0. The molecule has 0 aliphatic rings. The minimum absolute atomic E-state index is 0.0270. The highest BCUT2D eigenvalue weighted by Crippen LogP contribution is 2.24. The van der Waals surface area contributed by atoms with Crippen LogP contribution in [0, 0.1) is 6.92 Å². The summed E-state index contributed by atoms with van der Waals surface area (Å²) in [5.74, 6) is -0.570. The number of rotatable bonds is 4. The van der Waals surface area contributed by atoms with Gasteiger partial charge in [0.15, 0.2) is 0 Å². The largest absolute Gasteiger partial charge is 0.350 e. The Morgan fingerprint density at radius 3 is 2.59 bits per heavy atom. The molecule has 2 rings (SSSR count). The third-order valence-corrected chi connectivity index (χ3v) is 3.85. The highest BCUT2D eigenvalue weighted by Gasteiger charge is 2.14. The number of benzene rings is 1. The highest BCUT2D eigenvalue weighted by atomic mass is 35.5. The van der Waals surface area contributed by atoms with E-state index in [2.05, 4.69) is 15.6 Å². The van der Waals surface area contributed by atoms with Crippen molar-refractivity contribution in [1.82, 2.24) is 10.3 Å². The predicted molar refractivity (Wildman–Crippen MR) is 88.9 cm³/mol. The third kappa shape index (κ3) is 4.05. The first-order valence-corrected chi connectivity index (χ1v) is 7.96. The summed E-state index contributed by atoms with van der Waals surface area (Å²) in [4.78, 5) is 28.2. The Bertz CT molecular complexity index is 713. The average molecular weight is 338 g/mol. The fourth-order valence-electron chi connectivity index (χ4n) is 1.76. The van der Waals surface area contributed by atoms with Crippen molar-refractivity contribution in [2.24, 2.45) is 0 Å². The molecule has 7 heteroatoms. The van der Waals surface area contributed by atoms with E-state index in [0.717, 1.165) is 5.01 Å². The summed E-state index contributed by atoms with van der Waals surface area (Å²) >= 11 is 7.47. The van der Waals surface area contributed by atoms with Gasteiger partial charge < -0.3 is 10.6 Å². The van der Waals surface area contributed by atoms with E-state index in [1.807, 2.05) is 20.8 Å². The standard InChI is InChI=1S/C15H16ClN3O2S/c1-8(2)17-14(20)10-4-5-11(16)12(6-10)19-15(21)13-7-22-9(3)18-13/h4-8H,1-3H3,(H,17,20)(H,19,21). The molecule has 0 atom stereocenters. The van der Waals surface area contributed by atoms with Crippen LogP contribution in [0.25, 0.3) is 0 Å². The van der Waals surface area contributed by atoms with E-state index in [1.54, 1.807) is 23.6 Å². The van der Waals surface area contributed by atoms with E-state index in [1.165, 1.54) is 11.3 Å². The lowest BCUT2D eigenvalue weighted by Crippen LogP contribution is -2.30. The van der Waals surface area contributed by atoms with Crippen LogP contribution in [0.3, 0.4) is 0 Å². The van der Waals surface area contributed by atoms with Gasteiger partial charge >= 0.3 is 0 Å². The van der Waals surface area contributed by atoms with Crippen LogP contribution in [-0.4, -0.2) is 22.8 Å². The van der Waals surface area contributed by atoms with Gasteiger partial charge in [0.1, 0.15) is 5.69 Å². The number of thiazole rings is 1. The monoisotopic (exact) mass is 337 g/mol. The van der Waals surface area contributed by atoms with Crippen LogP contribution in [-0.2, 0) is 0 Å². The van der Waals surface area contributed by atoms with Crippen molar-refractivity contribution in [3.8, 4) is 0 Å². The Morgan fingerprint density at radius 1 is 1.27 bits per heavy atom. The van der Waals surface area contributed by atoms with Crippen molar-refractivity contribution in [3.63, 3.8) is 0 Å². The van der Waals surface area contributed by atoms with E-state index >= 15 is 0 Å². The number of hydrogen-bond donors (Lipinski definition) is 2. The fourth-order valence-corrected chi connectivity index (χ4v) is 2.52. The van der Waals surface area contributed by atoms with Gasteiger partial charge in [-0.3, -0.25) is 9.59 Å². The maximum atomic E-state index is 12.1. The first kappa shape index (κ1) is 16.5. The molecule has 0 unspecified atom stereocenters. The van der Waals surface area contributed by atoms with Gasteiger partial charge in [-0.05, 0) is 39.0 Å². The molecule has 0 saturated heterocycles. The zero-order valence-electron chi connectivity index (χ0n) is 12.4. The minimum Gasteiger partial charge on any atom is -0.350 e. The number of amides is 2. The zero-order chi connectivity index (χ0) is 16.3. The van der Waals surface area contributed by atoms with Crippen molar-refractivity contribution in [2.45, 2.75) is 26.8 Å². The van der Waals surface area contributed by atoms with E-state index in [-0.39, 0.29) is 17.9 Å². The topological polar surface area (TPSA) is 71.1 Å². The van der Waals surface area contributed by atoms with Crippen LogP contribution in [0.4, 0.5) is 5.69 Å². The Hall–Kier alpha value is -1.92. The molecule has 0 bridgehead atoms. The molecular weight excluding hydrogens is 322 g/mol. The van der Waals surface area contributed by atoms with Gasteiger partial charge in [-0.1, -0.05) is 11.6 Å². The summed E-state index contributed by atoms with van der Waals surface area (Å²) in [7, 11) is 0. The highest BCUT2D eigenvalue weighted by molar-refractivity contribution is 7.09. The number of aryl methyl sites for hydroxylation is 1. The molecule has 0 saturated carbocycles. The van der Waals surface area contributed by atoms with E-state index in [0.29, 0.717) is 22.0 Å². The Labute approximate surface area is 137 Å². The van der Waals surface area contributed by atoms with Crippen molar-refractivity contribution in [3.05, 3.63) is 44.9 Å². The molecule has 1 heterocycles. The maximum Gasteiger partial charge on any atom is 0.275 e. The Kier molecular flexibility index (Phi) is 5.15. The molecule has 0 radical (unpaired) electrons. The number of carbonyl (C=O) groups is 2. The van der Waals surface area contributed by atoms with Gasteiger partial charge in [-0.2, -0.15) is 0 Å². The van der Waals surface area contributed by atoms with Gasteiger partial charge in [-0.25, -0.2) is 4.98 Å². The molecule has 0 fully saturated rings. The van der Waals surface area contributed by atoms with Crippen LogP contribution >= 0.6 is 22.9 Å². The average Bonchev–Trinajstić information content (AvgIpc) is 2.87. The molecule has 5 nitrogen and oxygen atoms in total. The van der Waals surface area contributed by atoms with Gasteiger partial charge in [0, 0.05) is 17.0 Å². The number of carbonyl (C=O) groups excluding carboxylic acids is 2. The summed E-state index contributed by atoms with van der Waals surface area (Å²) < 4.78 is 0. The number of halogens is 1. The van der Waals surface area contributed by atoms with Crippen LogP contribution in [0.1, 0.15) is 39.7 Å². The smallest absolute Gasteiger partial charge is 0.275 e. The molecule has 0 aliphatic heterocycles. The predicted octanol–water partition coefficient (Wildman–Crippen LogP) is 3.50. The van der Waals surface area contributed by atoms with Crippen molar-refractivity contribution < 1.29 is 9.59 Å². The summed E-state index contributed by atoms with van der Waals surface area (Å²) in [6, 6.07) is 4.78. The zero-order valence-corrected chi connectivity index (χ0v) is 14.0. The molecule has 22 heavy (non-hydrogen) atoms. The van der Waals surface area contributed by atoms with Gasteiger partial charge in [-0.15, -0.1) is 11.3 Å². The SMILES string of the molecule is Cc1nc(C(=O)Nc2cc(C(=O)NC(C)C)ccc2Cl)cs1. The Morgan fingerprint density at radius 2 is 2.00 bits per heavy atom. The van der Waals surface area contributed by atoms with Crippen molar-refractivity contribution in [2.75, 3.05) is 5.32 Å². The summed E-state index contributed by atoms with van der Waals surface area (Å²) in [5.41, 5.74) is 1.15. The number of hydrogen-bond acceptors (Lipinski definition) is 4. The molecule has 1 aromatic heterocycles.